The van der Waals surface area contributed by atoms with E-state index in [1.807, 2.05) is 19.2 Å². The topological polar surface area (TPSA) is 84.9 Å². The first-order chi connectivity index (χ1) is 20.2. The molecule has 2 saturated heterocycles. The molecule has 5 saturated carbocycles. The van der Waals surface area contributed by atoms with E-state index in [2.05, 4.69) is 24.8 Å². The number of ether oxygens (including phenoxy) is 2. The van der Waals surface area contributed by atoms with Crippen LogP contribution in [0.25, 0.3) is 0 Å². The summed E-state index contributed by atoms with van der Waals surface area (Å²) in [6, 6.07) is 5.96. The van der Waals surface area contributed by atoms with E-state index in [0.717, 1.165) is 57.1 Å². The lowest BCUT2D eigenvalue weighted by Crippen LogP contribution is -2.87. The van der Waals surface area contributed by atoms with Crippen LogP contribution >= 0.6 is 0 Å². The van der Waals surface area contributed by atoms with Crippen LogP contribution < -0.4 is 5.73 Å². The van der Waals surface area contributed by atoms with Crippen LogP contribution in [0.15, 0.2) is 18.2 Å². The number of rotatable bonds is 3. The maximum Gasteiger partial charge on any atom is 0.115 e. The van der Waals surface area contributed by atoms with Gasteiger partial charge in [0, 0.05) is 44.1 Å². The first-order valence-electron chi connectivity index (χ1n) is 17.1. The third-order valence-electron chi connectivity index (χ3n) is 14.4. The zero-order valence-corrected chi connectivity index (χ0v) is 25.8. The molecule has 1 aromatic rings. The highest BCUT2D eigenvalue weighted by molar-refractivity contribution is 5.41. The Morgan fingerprint density at radius 2 is 1.88 bits per heavy atom. The van der Waals surface area contributed by atoms with Crippen LogP contribution in [0, 0.1) is 58.2 Å². The Kier molecular flexibility index (Phi) is 6.29. The summed E-state index contributed by atoms with van der Waals surface area (Å²) in [6.07, 6.45) is 16.0. The van der Waals surface area contributed by atoms with Gasteiger partial charge in [-0.3, -0.25) is 0 Å². The van der Waals surface area contributed by atoms with Gasteiger partial charge in [-0.05, 0) is 129 Å². The molecule has 5 nitrogen and oxygen atoms in total. The number of aromatic hydroxyl groups is 1. The molecular formula is C37H51NO4. The second-order valence-electron chi connectivity index (χ2n) is 16.3. The van der Waals surface area contributed by atoms with E-state index in [0.29, 0.717) is 35.3 Å². The van der Waals surface area contributed by atoms with Crippen LogP contribution in [0.4, 0.5) is 0 Å². The number of fused-ring (bicyclic) bond motifs is 3. The van der Waals surface area contributed by atoms with Crippen molar-refractivity contribution in [2.45, 2.75) is 114 Å². The third kappa shape index (κ3) is 3.65. The molecule has 0 aromatic heterocycles. The molecule has 10 atom stereocenters. The second kappa shape index (κ2) is 9.46. The van der Waals surface area contributed by atoms with Crippen molar-refractivity contribution in [2.24, 2.45) is 52.1 Å². The summed E-state index contributed by atoms with van der Waals surface area (Å²) in [5.74, 6) is 9.41. The summed E-state index contributed by atoms with van der Waals surface area (Å²) in [5.41, 5.74) is 9.66. The van der Waals surface area contributed by atoms with Gasteiger partial charge in [0.1, 0.15) is 5.75 Å². The lowest BCUT2D eigenvalue weighted by molar-refractivity contribution is -0.395. The van der Waals surface area contributed by atoms with Gasteiger partial charge in [0.15, 0.2) is 0 Å². The fraction of sp³-hybridized carbons (Fsp3) is 0.784. The van der Waals surface area contributed by atoms with E-state index in [4.69, 9.17) is 15.2 Å². The quantitative estimate of drug-likeness (QED) is 0.400. The first-order valence-corrected chi connectivity index (χ1v) is 17.1. The first kappa shape index (κ1) is 27.9. The molecule has 1 aromatic carbocycles. The normalized spacial score (nSPS) is 48.0. The predicted octanol–water partition coefficient (Wildman–Crippen LogP) is 5.78. The lowest BCUT2D eigenvalue weighted by atomic mass is 9.31. The molecule has 6 aliphatic carbocycles. The molecule has 0 amide bonds. The molecule has 5 heteroatoms. The van der Waals surface area contributed by atoms with E-state index in [-0.39, 0.29) is 35.4 Å². The number of hydrogen-bond donors (Lipinski definition) is 3. The average Bonchev–Trinajstić information content (AvgIpc) is 3.39. The molecule has 4 N–H and O–H groups in total. The minimum atomic E-state index is -0.594. The predicted molar refractivity (Wildman–Crippen MR) is 163 cm³/mol. The summed E-state index contributed by atoms with van der Waals surface area (Å²) in [5, 5.41) is 21.4. The molecule has 2 spiro atoms. The third-order valence-corrected chi connectivity index (χ3v) is 14.4. The molecule has 42 heavy (non-hydrogen) atoms. The Morgan fingerprint density at radius 3 is 2.67 bits per heavy atom. The van der Waals surface area contributed by atoms with E-state index >= 15 is 0 Å². The lowest BCUT2D eigenvalue weighted by Gasteiger charge is -2.80. The molecule has 9 rings (SSSR count). The number of aliphatic hydroxyl groups excluding tert-OH is 1. The summed E-state index contributed by atoms with van der Waals surface area (Å²) in [7, 11) is 1.86. The summed E-state index contributed by atoms with van der Waals surface area (Å²) in [6.45, 7) is 3.29. The van der Waals surface area contributed by atoms with E-state index in [9.17, 15) is 10.2 Å². The Balaban J connectivity index is 1.35. The number of benzene rings is 1. The van der Waals surface area contributed by atoms with Crippen molar-refractivity contribution in [1.29, 1.82) is 0 Å². The van der Waals surface area contributed by atoms with Crippen LogP contribution in [0.5, 0.6) is 5.75 Å². The van der Waals surface area contributed by atoms with Gasteiger partial charge in [0.05, 0.1) is 17.1 Å². The van der Waals surface area contributed by atoms with Crippen molar-refractivity contribution in [3.8, 4) is 17.6 Å². The summed E-state index contributed by atoms with van der Waals surface area (Å²) >= 11 is 0. The van der Waals surface area contributed by atoms with Gasteiger partial charge in [-0.1, -0.05) is 30.7 Å². The van der Waals surface area contributed by atoms with Crippen LogP contribution in [-0.4, -0.2) is 47.3 Å². The van der Waals surface area contributed by atoms with Gasteiger partial charge < -0.3 is 25.4 Å². The Morgan fingerprint density at radius 1 is 1.07 bits per heavy atom. The molecule has 0 radical (unpaired) electrons. The molecular weight excluding hydrogens is 522 g/mol. The van der Waals surface area contributed by atoms with Crippen molar-refractivity contribution < 1.29 is 19.7 Å². The maximum absolute atomic E-state index is 11.0. The largest absolute Gasteiger partial charge is 0.508 e. The van der Waals surface area contributed by atoms with E-state index in [1.54, 1.807) is 0 Å². The Labute approximate surface area is 252 Å². The standard InChI is InChI=1S/C37H51NO4/c1-33-14-10-28(22-41-2)35-15-11-27(21-39)37(38,32(33)35)31-7-5-6-25-18-30(40)9-8-26(25)16-24-17-29(36(31,23-35)42-33)20-34(19-24)12-3-4-13-34/h8-9,18,24,27-29,31-32,39-40H,3-4,6,10-17,19-23,38H2,1-2H3/t24-,27+,28-,29+,31+,32-,33-,35+,36-,37+/m1/s1. The van der Waals surface area contributed by atoms with E-state index in [1.165, 1.54) is 44.1 Å². The van der Waals surface area contributed by atoms with E-state index < -0.39 is 11.1 Å². The number of hydrogen-bond acceptors (Lipinski definition) is 5. The van der Waals surface area contributed by atoms with Gasteiger partial charge in [0.2, 0.25) is 0 Å². The SMILES string of the molecule is COC[C@H]1CC[C@@]2(C)O[C@@]34C[C@@]15CC[C@@H](CO)[C@@](N)([C@@H]52)[C@H]3C#CCc1cc(O)ccc1C[C@@H]1C[C@H]4CC2(CCCC2)C1. The summed E-state index contributed by atoms with van der Waals surface area (Å²) < 4.78 is 13.7. The van der Waals surface area contributed by atoms with Crippen LogP contribution in [0.2, 0.25) is 0 Å². The highest BCUT2D eigenvalue weighted by Gasteiger charge is 2.81. The van der Waals surface area contributed by atoms with Crippen molar-refractivity contribution in [3.63, 3.8) is 0 Å². The summed E-state index contributed by atoms with van der Waals surface area (Å²) in [4.78, 5) is 0. The van der Waals surface area contributed by atoms with Gasteiger partial charge in [-0.2, -0.15) is 0 Å². The van der Waals surface area contributed by atoms with Crippen molar-refractivity contribution in [1.82, 2.24) is 0 Å². The molecule has 228 valence electrons. The maximum atomic E-state index is 11.0. The van der Waals surface area contributed by atoms with Crippen LogP contribution in [-0.2, 0) is 22.3 Å². The molecule has 2 heterocycles. The van der Waals surface area contributed by atoms with Crippen molar-refractivity contribution >= 4 is 0 Å². The highest BCUT2D eigenvalue weighted by Crippen LogP contribution is 2.77. The monoisotopic (exact) mass is 573 g/mol. The Bertz CT molecular complexity index is 1310. The second-order valence-corrected chi connectivity index (χ2v) is 16.3. The van der Waals surface area contributed by atoms with Crippen LogP contribution in [0.1, 0.15) is 95.1 Å². The molecule has 7 fully saturated rings. The van der Waals surface area contributed by atoms with Gasteiger partial charge in [-0.25, -0.2) is 0 Å². The number of phenolic OH excluding ortho intramolecular Hbond substituents is 1. The fourth-order valence-corrected chi connectivity index (χ4v) is 13.3. The highest BCUT2D eigenvalue weighted by atomic mass is 16.5. The van der Waals surface area contributed by atoms with Gasteiger partial charge in [0.25, 0.3) is 0 Å². The minimum Gasteiger partial charge on any atom is -0.508 e. The zero-order chi connectivity index (χ0) is 29.0. The van der Waals surface area contributed by atoms with Crippen LogP contribution in [0.3, 0.4) is 0 Å². The van der Waals surface area contributed by atoms with Gasteiger partial charge in [-0.15, -0.1) is 0 Å². The Hall–Kier alpha value is -1.58. The number of phenols is 1. The number of methoxy groups -OCH3 is 1. The van der Waals surface area contributed by atoms with Crippen molar-refractivity contribution in [2.75, 3.05) is 20.3 Å². The minimum absolute atomic E-state index is 0.0282. The average molecular weight is 574 g/mol. The molecule has 8 aliphatic rings. The zero-order valence-electron chi connectivity index (χ0n) is 25.8. The smallest absolute Gasteiger partial charge is 0.115 e. The number of aliphatic hydroxyl groups is 1. The fourth-order valence-electron chi connectivity index (χ4n) is 13.3. The molecule has 2 aliphatic heterocycles. The van der Waals surface area contributed by atoms with Crippen molar-refractivity contribution in [3.05, 3.63) is 29.3 Å². The molecule has 0 unspecified atom stereocenters. The molecule has 7 bridgehead atoms. The van der Waals surface area contributed by atoms with Gasteiger partial charge >= 0.3 is 0 Å². The number of nitrogens with two attached hydrogens (primary N) is 1.